The van der Waals surface area contributed by atoms with Crippen LogP contribution in [0.15, 0.2) is 71.6 Å². The summed E-state index contributed by atoms with van der Waals surface area (Å²) in [5.41, 5.74) is 3.45. The predicted octanol–water partition coefficient (Wildman–Crippen LogP) is 3.45. The molecule has 0 radical (unpaired) electrons. The maximum atomic E-state index is 12.9. The van der Waals surface area contributed by atoms with Gasteiger partial charge in [0.15, 0.2) is 0 Å². The van der Waals surface area contributed by atoms with Crippen LogP contribution in [0.2, 0.25) is 0 Å². The zero-order chi connectivity index (χ0) is 23.6. The standard InChI is InChI=1S/C25H26N2O5S/c1-3-16-7-11-21(12-8-16)33(30,31)27-24-22-15-19(10-9-17(22)14-23(24)28)26-25(29)18-5-4-6-20(13-18)32-2/h4-13,15,23-24,27-28H,3,14H2,1-2H3,(H,26,29)/t23-,24?/m1/s1. The SMILES string of the molecule is CCc1ccc(S(=O)(=O)NC2c3cc(NC(=O)c4cccc(OC)c4)ccc3C[C@H]2O)cc1. The normalized spacial score (nSPS) is 17.4. The zero-order valence-corrected chi connectivity index (χ0v) is 19.2. The summed E-state index contributed by atoms with van der Waals surface area (Å²) in [5, 5.41) is 13.4. The summed E-state index contributed by atoms with van der Waals surface area (Å²) in [6, 6.07) is 17.9. The molecule has 0 heterocycles. The van der Waals surface area contributed by atoms with E-state index < -0.39 is 22.2 Å². The van der Waals surface area contributed by atoms with Crippen LogP contribution >= 0.6 is 0 Å². The quantitative estimate of drug-likeness (QED) is 0.495. The molecule has 0 bridgehead atoms. The number of ether oxygens (including phenoxy) is 1. The van der Waals surface area contributed by atoms with E-state index in [9.17, 15) is 18.3 Å². The molecule has 4 rings (SSSR count). The lowest BCUT2D eigenvalue weighted by atomic mass is 10.1. The molecular formula is C25H26N2O5S. The lowest BCUT2D eigenvalue weighted by Gasteiger charge is -2.19. The van der Waals surface area contributed by atoms with Crippen LogP contribution in [0.1, 0.15) is 40.0 Å². The molecule has 0 saturated carbocycles. The molecule has 0 saturated heterocycles. The maximum absolute atomic E-state index is 12.9. The molecule has 1 aliphatic carbocycles. The number of fused-ring (bicyclic) bond motifs is 1. The van der Waals surface area contributed by atoms with Crippen LogP contribution < -0.4 is 14.8 Å². The Bertz CT molecular complexity index is 1270. The Labute approximate surface area is 193 Å². The van der Waals surface area contributed by atoms with Crippen LogP contribution in [-0.2, 0) is 22.9 Å². The number of carbonyl (C=O) groups excluding carboxylic acids is 1. The number of anilines is 1. The second-order valence-corrected chi connectivity index (χ2v) is 9.68. The second kappa shape index (κ2) is 9.35. The molecule has 8 heteroatoms. The van der Waals surface area contributed by atoms with Crippen LogP contribution in [0.4, 0.5) is 5.69 Å². The van der Waals surface area contributed by atoms with Crippen LogP contribution in [0.5, 0.6) is 5.75 Å². The molecular weight excluding hydrogens is 440 g/mol. The Balaban J connectivity index is 1.56. The fraction of sp³-hybridized carbons (Fsp3) is 0.240. The van der Waals surface area contributed by atoms with Crippen molar-refractivity contribution < 1.29 is 23.1 Å². The van der Waals surface area contributed by atoms with Crippen molar-refractivity contribution in [2.24, 2.45) is 0 Å². The number of nitrogens with one attached hydrogen (secondary N) is 2. The monoisotopic (exact) mass is 466 g/mol. The van der Waals surface area contributed by atoms with E-state index in [1.54, 1.807) is 66.7 Å². The van der Waals surface area contributed by atoms with E-state index in [1.165, 1.54) is 7.11 Å². The van der Waals surface area contributed by atoms with Crippen molar-refractivity contribution in [1.29, 1.82) is 0 Å². The van der Waals surface area contributed by atoms with Gasteiger partial charge in [-0.25, -0.2) is 13.1 Å². The van der Waals surface area contributed by atoms with Crippen molar-refractivity contribution in [2.75, 3.05) is 12.4 Å². The van der Waals surface area contributed by atoms with E-state index >= 15 is 0 Å². The highest BCUT2D eigenvalue weighted by molar-refractivity contribution is 7.89. The fourth-order valence-corrected chi connectivity index (χ4v) is 5.20. The minimum atomic E-state index is -3.84. The first-order chi connectivity index (χ1) is 15.8. The smallest absolute Gasteiger partial charge is 0.255 e. The van der Waals surface area contributed by atoms with Gasteiger partial charge in [0, 0.05) is 17.7 Å². The number of sulfonamides is 1. The van der Waals surface area contributed by atoms with E-state index in [1.807, 2.05) is 6.92 Å². The molecule has 33 heavy (non-hydrogen) atoms. The maximum Gasteiger partial charge on any atom is 0.255 e. The largest absolute Gasteiger partial charge is 0.497 e. The van der Waals surface area contributed by atoms with Gasteiger partial charge in [0.1, 0.15) is 5.75 Å². The number of aryl methyl sites for hydroxylation is 1. The van der Waals surface area contributed by atoms with Gasteiger partial charge in [0.2, 0.25) is 10.0 Å². The third-order valence-corrected chi connectivity index (χ3v) is 7.27. The van der Waals surface area contributed by atoms with Crippen LogP contribution in [0.3, 0.4) is 0 Å². The summed E-state index contributed by atoms with van der Waals surface area (Å²) in [4.78, 5) is 12.8. The average molecular weight is 467 g/mol. The van der Waals surface area contributed by atoms with Crippen molar-refractivity contribution in [3.8, 4) is 5.75 Å². The third kappa shape index (κ3) is 4.93. The van der Waals surface area contributed by atoms with Gasteiger partial charge >= 0.3 is 0 Å². The number of rotatable bonds is 7. The zero-order valence-electron chi connectivity index (χ0n) is 18.4. The van der Waals surface area contributed by atoms with Crippen LogP contribution in [0, 0.1) is 0 Å². The third-order valence-electron chi connectivity index (χ3n) is 5.81. The molecule has 0 aliphatic heterocycles. The van der Waals surface area contributed by atoms with Gasteiger partial charge in [-0.2, -0.15) is 0 Å². The van der Waals surface area contributed by atoms with E-state index in [-0.39, 0.29) is 10.8 Å². The van der Waals surface area contributed by atoms with Gasteiger partial charge in [0.05, 0.1) is 24.2 Å². The summed E-state index contributed by atoms with van der Waals surface area (Å²) in [5.74, 6) is 0.252. The molecule has 0 aromatic heterocycles. The highest BCUT2D eigenvalue weighted by Crippen LogP contribution is 2.35. The van der Waals surface area contributed by atoms with Crippen molar-refractivity contribution in [3.63, 3.8) is 0 Å². The fourth-order valence-electron chi connectivity index (χ4n) is 3.95. The van der Waals surface area contributed by atoms with E-state index in [2.05, 4.69) is 10.0 Å². The minimum absolute atomic E-state index is 0.142. The Hall–Kier alpha value is -3.20. The Morgan fingerprint density at radius 3 is 2.55 bits per heavy atom. The molecule has 3 N–H and O–H groups in total. The number of benzene rings is 3. The molecule has 3 aromatic rings. The number of carbonyl (C=O) groups is 1. The highest BCUT2D eigenvalue weighted by Gasteiger charge is 2.35. The van der Waals surface area contributed by atoms with Gasteiger partial charge in [-0.1, -0.05) is 31.2 Å². The van der Waals surface area contributed by atoms with Gasteiger partial charge in [0.25, 0.3) is 5.91 Å². The molecule has 0 fully saturated rings. The van der Waals surface area contributed by atoms with Crippen molar-refractivity contribution in [2.45, 2.75) is 36.8 Å². The van der Waals surface area contributed by atoms with Gasteiger partial charge in [-0.15, -0.1) is 0 Å². The average Bonchev–Trinajstić information content (AvgIpc) is 3.13. The first kappa shape index (κ1) is 23.0. The van der Waals surface area contributed by atoms with E-state index in [0.717, 1.165) is 17.5 Å². The molecule has 172 valence electrons. The lowest BCUT2D eigenvalue weighted by Crippen LogP contribution is -2.34. The van der Waals surface area contributed by atoms with Crippen molar-refractivity contribution in [1.82, 2.24) is 4.72 Å². The van der Waals surface area contributed by atoms with Crippen LogP contribution in [-0.4, -0.2) is 32.6 Å². The highest BCUT2D eigenvalue weighted by atomic mass is 32.2. The van der Waals surface area contributed by atoms with Gasteiger partial charge in [-0.05, 0) is 65.6 Å². The summed E-state index contributed by atoms with van der Waals surface area (Å²) in [6.45, 7) is 2.00. The summed E-state index contributed by atoms with van der Waals surface area (Å²) in [6.07, 6.45) is 0.225. The molecule has 2 atom stereocenters. The first-order valence-electron chi connectivity index (χ1n) is 10.7. The minimum Gasteiger partial charge on any atom is -0.497 e. The van der Waals surface area contributed by atoms with E-state index in [0.29, 0.717) is 29.0 Å². The summed E-state index contributed by atoms with van der Waals surface area (Å²) >= 11 is 0. The number of amides is 1. The summed E-state index contributed by atoms with van der Waals surface area (Å²) < 4.78 is 33.7. The van der Waals surface area contributed by atoms with Crippen molar-refractivity contribution >= 4 is 21.6 Å². The number of aliphatic hydroxyl groups excluding tert-OH is 1. The number of hydrogen-bond acceptors (Lipinski definition) is 5. The van der Waals surface area contributed by atoms with Gasteiger partial charge < -0.3 is 15.2 Å². The predicted molar refractivity (Wildman–Crippen MR) is 126 cm³/mol. The molecule has 1 unspecified atom stereocenters. The second-order valence-electron chi connectivity index (χ2n) is 7.97. The number of hydrogen-bond donors (Lipinski definition) is 3. The van der Waals surface area contributed by atoms with Crippen LogP contribution in [0.25, 0.3) is 0 Å². The Morgan fingerprint density at radius 2 is 1.85 bits per heavy atom. The first-order valence-corrected chi connectivity index (χ1v) is 12.2. The Morgan fingerprint density at radius 1 is 1.09 bits per heavy atom. The van der Waals surface area contributed by atoms with Crippen molar-refractivity contribution in [3.05, 3.63) is 89.0 Å². The number of methoxy groups -OCH3 is 1. The topological polar surface area (TPSA) is 105 Å². The number of aliphatic hydroxyl groups is 1. The lowest BCUT2D eigenvalue weighted by molar-refractivity contribution is 0.102. The molecule has 1 aliphatic rings. The molecule has 3 aromatic carbocycles. The molecule has 7 nitrogen and oxygen atoms in total. The molecule has 0 spiro atoms. The van der Waals surface area contributed by atoms with Gasteiger partial charge in [-0.3, -0.25) is 4.79 Å². The Kier molecular flexibility index (Phi) is 6.51. The molecule has 1 amide bonds. The summed E-state index contributed by atoms with van der Waals surface area (Å²) in [7, 11) is -2.31. The van der Waals surface area contributed by atoms with E-state index in [4.69, 9.17) is 4.74 Å².